The van der Waals surface area contributed by atoms with Gasteiger partial charge in [-0.3, -0.25) is 0 Å². The molecule has 1 heterocycles. The summed E-state index contributed by atoms with van der Waals surface area (Å²) in [4.78, 5) is 15.8. The van der Waals surface area contributed by atoms with E-state index in [2.05, 4.69) is 20.9 Å². The highest BCUT2D eigenvalue weighted by Crippen LogP contribution is 2.31. The SMILES string of the molecule is COC(=O)c1ccc(C)cc1C(CF)Oc1cc(Br)cnc1N. The molecule has 0 bridgehead atoms. The number of benzene rings is 1. The maximum Gasteiger partial charge on any atom is 0.338 e. The van der Waals surface area contributed by atoms with Crippen molar-refractivity contribution in [1.82, 2.24) is 4.98 Å². The standard InChI is InChI=1S/C16H16BrFN2O3/c1-9-3-4-11(16(21)22-2)12(5-9)14(7-18)23-13-6-10(17)8-20-15(13)19/h3-6,8,14H,7H2,1-2H3,(H2,19,20). The summed E-state index contributed by atoms with van der Waals surface area (Å²) in [5.74, 6) is -0.180. The molecule has 1 aromatic carbocycles. The van der Waals surface area contributed by atoms with Crippen LogP contribution in [-0.4, -0.2) is 24.7 Å². The Morgan fingerprint density at radius 3 is 2.83 bits per heavy atom. The number of alkyl halides is 1. The molecule has 2 rings (SSSR count). The zero-order valence-corrected chi connectivity index (χ0v) is 14.3. The quantitative estimate of drug-likeness (QED) is 0.799. The van der Waals surface area contributed by atoms with Crippen molar-refractivity contribution in [2.24, 2.45) is 0 Å². The minimum Gasteiger partial charge on any atom is -0.479 e. The molecule has 0 aliphatic carbocycles. The molecule has 122 valence electrons. The van der Waals surface area contributed by atoms with Gasteiger partial charge < -0.3 is 15.2 Å². The van der Waals surface area contributed by atoms with Crippen molar-refractivity contribution in [1.29, 1.82) is 0 Å². The average Bonchev–Trinajstić information content (AvgIpc) is 2.54. The molecule has 0 spiro atoms. The summed E-state index contributed by atoms with van der Waals surface area (Å²) in [5, 5.41) is 0. The molecule has 2 N–H and O–H groups in total. The van der Waals surface area contributed by atoms with Crippen LogP contribution in [-0.2, 0) is 4.74 Å². The zero-order valence-electron chi connectivity index (χ0n) is 12.7. The molecular weight excluding hydrogens is 367 g/mol. The number of carbonyl (C=O) groups is 1. The number of methoxy groups -OCH3 is 1. The van der Waals surface area contributed by atoms with E-state index in [0.29, 0.717) is 10.0 Å². The average molecular weight is 383 g/mol. The number of anilines is 1. The predicted molar refractivity (Wildman–Crippen MR) is 88.2 cm³/mol. The molecule has 1 atom stereocenters. The van der Waals surface area contributed by atoms with E-state index in [4.69, 9.17) is 15.2 Å². The summed E-state index contributed by atoms with van der Waals surface area (Å²) in [6.07, 6.45) is 0.515. The lowest BCUT2D eigenvalue weighted by atomic mass is 10.00. The number of halogens is 2. The van der Waals surface area contributed by atoms with Gasteiger partial charge in [0.1, 0.15) is 6.67 Å². The minimum atomic E-state index is -0.998. The highest BCUT2D eigenvalue weighted by molar-refractivity contribution is 9.10. The number of aromatic nitrogens is 1. The van der Waals surface area contributed by atoms with E-state index >= 15 is 0 Å². The molecule has 1 unspecified atom stereocenters. The van der Waals surface area contributed by atoms with Crippen LogP contribution in [0.25, 0.3) is 0 Å². The van der Waals surface area contributed by atoms with Crippen LogP contribution in [0.5, 0.6) is 5.75 Å². The number of aryl methyl sites for hydroxylation is 1. The molecule has 23 heavy (non-hydrogen) atoms. The third-order valence-electron chi connectivity index (χ3n) is 3.22. The number of carbonyl (C=O) groups excluding carboxylic acids is 1. The number of rotatable bonds is 5. The summed E-state index contributed by atoms with van der Waals surface area (Å²) < 4.78 is 24.6. The van der Waals surface area contributed by atoms with Crippen LogP contribution in [0.3, 0.4) is 0 Å². The van der Waals surface area contributed by atoms with Gasteiger partial charge in [-0.15, -0.1) is 0 Å². The molecule has 0 aliphatic heterocycles. The monoisotopic (exact) mass is 382 g/mol. The first-order valence-electron chi connectivity index (χ1n) is 6.78. The Kier molecular flexibility index (Phi) is 5.54. The minimum absolute atomic E-state index is 0.138. The van der Waals surface area contributed by atoms with Crippen LogP contribution < -0.4 is 10.5 Å². The van der Waals surface area contributed by atoms with E-state index in [1.165, 1.54) is 13.3 Å². The van der Waals surface area contributed by atoms with E-state index in [0.717, 1.165) is 5.56 Å². The lowest BCUT2D eigenvalue weighted by Gasteiger charge is -2.20. The predicted octanol–water partition coefficient (Wildman–Crippen LogP) is 3.61. The Labute approximate surface area is 141 Å². The van der Waals surface area contributed by atoms with Gasteiger partial charge in [0.05, 0.1) is 12.7 Å². The van der Waals surface area contributed by atoms with Gasteiger partial charge in [-0.1, -0.05) is 17.7 Å². The summed E-state index contributed by atoms with van der Waals surface area (Å²) in [7, 11) is 1.27. The van der Waals surface area contributed by atoms with Gasteiger partial charge in [0.25, 0.3) is 0 Å². The van der Waals surface area contributed by atoms with Crippen molar-refractivity contribution >= 4 is 27.7 Å². The number of esters is 1. The Bertz CT molecular complexity index is 724. The summed E-state index contributed by atoms with van der Waals surface area (Å²) in [6, 6.07) is 6.63. The first-order chi connectivity index (χ1) is 11.0. The van der Waals surface area contributed by atoms with Gasteiger partial charge >= 0.3 is 5.97 Å². The van der Waals surface area contributed by atoms with E-state index in [1.807, 2.05) is 6.92 Å². The number of hydrogen-bond acceptors (Lipinski definition) is 5. The van der Waals surface area contributed by atoms with E-state index in [9.17, 15) is 9.18 Å². The Morgan fingerprint density at radius 2 is 2.17 bits per heavy atom. The zero-order chi connectivity index (χ0) is 17.0. The number of nitrogens with zero attached hydrogens (tertiary/aromatic N) is 1. The third kappa shape index (κ3) is 3.98. The van der Waals surface area contributed by atoms with Gasteiger partial charge in [-0.25, -0.2) is 14.2 Å². The Hall–Kier alpha value is -2.15. The first-order valence-corrected chi connectivity index (χ1v) is 7.58. The normalized spacial score (nSPS) is 11.8. The van der Waals surface area contributed by atoms with Crippen molar-refractivity contribution in [2.75, 3.05) is 19.5 Å². The molecule has 0 fully saturated rings. The third-order valence-corrected chi connectivity index (χ3v) is 3.65. The van der Waals surface area contributed by atoms with Crippen molar-refractivity contribution in [3.8, 4) is 5.75 Å². The number of ether oxygens (including phenoxy) is 2. The second kappa shape index (κ2) is 7.41. The van der Waals surface area contributed by atoms with Gasteiger partial charge in [0.2, 0.25) is 0 Å². The largest absolute Gasteiger partial charge is 0.479 e. The van der Waals surface area contributed by atoms with E-state index < -0.39 is 18.7 Å². The van der Waals surface area contributed by atoms with E-state index in [1.54, 1.807) is 24.3 Å². The first kappa shape index (κ1) is 17.2. The number of nitrogens with two attached hydrogens (primary N) is 1. The molecule has 1 aromatic heterocycles. The summed E-state index contributed by atoms with van der Waals surface area (Å²) in [6.45, 7) is 1.01. The second-order valence-electron chi connectivity index (χ2n) is 4.88. The lowest BCUT2D eigenvalue weighted by Crippen LogP contribution is -2.16. The van der Waals surface area contributed by atoms with E-state index in [-0.39, 0.29) is 17.1 Å². The van der Waals surface area contributed by atoms with Crippen LogP contribution in [0.15, 0.2) is 34.9 Å². The molecule has 7 heteroatoms. The van der Waals surface area contributed by atoms with Crippen LogP contribution in [0.2, 0.25) is 0 Å². The summed E-state index contributed by atoms with van der Waals surface area (Å²) >= 11 is 3.26. The number of hydrogen-bond donors (Lipinski definition) is 1. The number of nitrogen functional groups attached to an aromatic ring is 1. The second-order valence-corrected chi connectivity index (χ2v) is 5.80. The van der Waals surface area contributed by atoms with Gasteiger partial charge in [0, 0.05) is 16.2 Å². The maximum absolute atomic E-state index is 13.6. The van der Waals surface area contributed by atoms with Crippen molar-refractivity contribution in [3.63, 3.8) is 0 Å². The maximum atomic E-state index is 13.6. The van der Waals surface area contributed by atoms with Crippen LogP contribution >= 0.6 is 15.9 Å². The van der Waals surface area contributed by atoms with Crippen molar-refractivity contribution in [2.45, 2.75) is 13.0 Å². The molecule has 0 saturated carbocycles. The fraction of sp³-hybridized carbons (Fsp3) is 0.250. The molecule has 2 aromatic rings. The van der Waals surface area contributed by atoms with Gasteiger partial charge in [0.15, 0.2) is 17.7 Å². The highest BCUT2D eigenvalue weighted by atomic mass is 79.9. The summed E-state index contributed by atoms with van der Waals surface area (Å²) in [5.41, 5.74) is 7.28. The highest BCUT2D eigenvalue weighted by Gasteiger charge is 2.23. The Balaban J connectivity index is 2.43. The van der Waals surface area contributed by atoms with Crippen LogP contribution in [0, 0.1) is 6.92 Å². The van der Waals surface area contributed by atoms with Crippen molar-refractivity contribution < 1.29 is 18.7 Å². The molecule has 0 saturated heterocycles. The molecular formula is C16H16BrFN2O3. The molecule has 0 amide bonds. The van der Waals surface area contributed by atoms with Gasteiger partial charge in [-0.2, -0.15) is 0 Å². The van der Waals surface area contributed by atoms with Crippen LogP contribution in [0.1, 0.15) is 27.6 Å². The fourth-order valence-electron chi connectivity index (χ4n) is 2.10. The molecule has 5 nitrogen and oxygen atoms in total. The molecule has 0 radical (unpaired) electrons. The lowest BCUT2D eigenvalue weighted by molar-refractivity contribution is 0.0593. The van der Waals surface area contributed by atoms with Crippen LogP contribution in [0.4, 0.5) is 10.2 Å². The van der Waals surface area contributed by atoms with Gasteiger partial charge in [-0.05, 0) is 35.0 Å². The smallest absolute Gasteiger partial charge is 0.338 e. The fourth-order valence-corrected chi connectivity index (χ4v) is 2.41. The topological polar surface area (TPSA) is 74.4 Å². The molecule has 0 aliphatic rings. The number of pyridine rings is 1. The Morgan fingerprint density at radius 1 is 1.43 bits per heavy atom. The van der Waals surface area contributed by atoms with Crippen molar-refractivity contribution in [3.05, 3.63) is 51.6 Å².